The van der Waals surface area contributed by atoms with Gasteiger partial charge in [-0.25, -0.2) is 15.8 Å². The van der Waals surface area contributed by atoms with Crippen molar-refractivity contribution >= 4 is 11.6 Å². The summed E-state index contributed by atoms with van der Waals surface area (Å²) >= 11 is 0. The Hall–Kier alpha value is -1.36. The molecule has 0 aliphatic carbocycles. The van der Waals surface area contributed by atoms with Crippen LogP contribution in [0, 0.1) is 12.3 Å². The topological polar surface area (TPSA) is 67.1 Å². The first-order chi connectivity index (χ1) is 8.65. The molecule has 1 rings (SSSR count). The average molecular weight is 265 g/mol. The molecule has 1 heterocycles. The molecule has 0 spiro atoms. The second-order valence-electron chi connectivity index (χ2n) is 6.59. The highest BCUT2D eigenvalue weighted by Crippen LogP contribution is 2.27. The fourth-order valence-electron chi connectivity index (χ4n) is 2.08. The smallest absolute Gasteiger partial charge is 0.148 e. The highest BCUT2D eigenvalue weighted by Gasteiger charge is 2.19. The van der Waals surface area contributed by atoms with E-state index in [9.17, 15) is 0 Å². The fraction of sp³-hybridized carbons (Fsp3) is 0.714. The number of hydrogen-bond acceptors (Lipinski definition) is 5. The van der Waals surface area contributed by atoms with E-state index in [4.69, 9.17) is 5.84 Å². The lowest BCUT2D eigenvalue weighted by Gasteiger charge is -2.29. The van der Waals surface area contributed by atoms with E-state index in [0.717, 1.165) is 23.8 Å². The average Bonchev–Trinajstić information content (AvgIpc) is 2.26. The zero-order valence-corrected chi connectivity index (χ0v) is 13.2. The van der Waals surface area contributed by atoms with E-state index in [1.54, 1.807) is 0 Å². The molecule has 0 radical (unpaired) electrons. The molecule has 1 aromatic rings. The van der Waals surface area contributed by atoms with Gasteiger partial charge in [-0.05, 0) is 12.3 Å². The van der Waals surface area contributed by atoms with Crippen LogP contribution >= 0.6 is 0 Å². The minimum atomic E-state index is 0.209. The van der Waals surface area contributed by atoms with Gasteiger partial charge in [-0.15, -0.1) is 0 Å². The first-order valence-electron chi connectivity index (χ1n) is 6.72. The summed E-state index contributed by atoms with van der Waals surface area (Å²) in [5, 5.41) is 0. The lowest BCUT2D eigenvalue weighted by molar-refractivity contribution is 0.417. The van der Waals surface area contributed by atoms with Crippen LogP contribution in [0.3, 0.4) is 0 Å². The van der Waals surface area contributed by atoms with Gasteiger partial charge in [0.2, 0.25) is 0 Å². The van der Waals surface area contributed by atoms with Gasteiger partial charge in [-0.2, -0.15) is 0 Å². The summed E-state index contributed by atoms with van der Waals surface area (Å²) in [7, 11) is 2.06. The maximum absolute atomic E-state index is 5.56. The minimum absolute atomic E-state index is 0.209. The third-order valence-electron chi connectivity index (χ3n) is 2.86. The maximum Gasteiger partial charge on any atom is 0.148 e. The second-order valence-corrected chi connectivity index (χ2v) is 6.59. The Bertz CT molecular complexity index is 434. The van der Waals surface area contributed by atoms with Crippen molar-refractivity contribution in [2.45, 2.75) is 47.5 Å². The van der Waals surface area contributed by atoms with Crippen LogP contribution < -0.4 is 16.2 Å². The molecule has 1 aromatic heterocycles. The van der Waals surface area contributed by atoms with Crippen LogP contribution in [0.15, 0.2) is 0 Å². The van der Waals surface area contributed by atoms with Crippen LogP contribution in [-0.2, 0) is 0 Å². The molecule has 19 heavy (non-hydrogen) atoms. The Morgan fingerprint density at radius 1 is 1.26 bits per heavy atom. The van der Waals surface area contributed by atoms with Crippen molar-refractivity contribution in [2.24, 2.45) is 11.3 Å². The molecule has 0 aliphatic heterocycles. The number of hydrogen-bond donors (Lipinski definition) is 2. The number of rotatable bonds is 4. The maximum atomic E-state index is 5.56. The molecular formula is C14H27N5. The van der Waals surface area contributed by atoms with Gasteiger partial charge in [0.1, 0.15) is 17.5 Å². The van der Waals surface area contributed by atoms with Crippen molar-refractivity contribution < 1.29 is 0 Å². The summed E-state index contributed by atoms with van der Waals surface area (Å²) in [6.07, 6.45) is 0. The van der Waals surface area contributed by atoms with Crippen LogP contribution in [0.25, 0.3) is 0 Å². The van der Waals surface area contributed by atoms with Gasteiger partial charge in [0.25, 0.3) is 0 Å². The highest BCUT2D eigenvalue weighted by atomic mass is 15.3. The van der Waals surface area contributed by atoms with Gasteiger partial charge in [-0.1, -0.05) is 34.6 Å². The Morgan fingerprint density at radius 3 is 2.26 bits per heavy atom. The molecule has 0 saturated heterocycles. The van der Waals surface area contributed by atoms with Gasteiger partial charge in [0.05, 0.1) is 0 Å². The molecule has 5 heteroatoms. The normalized spacial score (nSPS) is 11.8. The lowest BCUT2D eigenvalue weighted by Crippen LogP contribution is -2.31. The van der Waals surface area contributed by atoms with Crippen LogP contribution in [0.4, 0.5) is 11.6 Å². The molecule has 0 aromatic carbocycles. The molecule has 0 unspecified atom stereocenters. The minimum Gasteiger partial charge on any atom is -0.359 e. The summed E-state index contributed by atoms with van der Waals surface area (Å²) in [5.41, 5.74) is 3.86. The van der Waals surface area contributed by atoms with Crippen LogP contribution in [0.2, 0.25) is 0 Å². The van der Waals surface area contributed by atoms with E-state index in [0.29, 0.717) is 5.82 Å². The van der Waals surface area contributed by atoms with E-state index in [-0.39, 0.29) is 11.3 Å². The number of nitrogen functional groups attached to an aromatic ring is 1. The first kappa shape index (κ1) is 15.7. The van der Waals surface area contributed by atoms with Crippen molar-refractivity contribution in [1.82, 2.24) is 9.97 Å². The lowest BCUT2D eigenvalue weighted by atomic mass is 9.96. The molecule has 0 aliphatic rings. The van der Waals surface area contributed by atoms with Crippen molar-refractivity contribution in [3.8, 4) is 0 Å². The molecule has 0 amide bonds. The molecule has 0 bridgehead atoms. The first-order valence-corrected chi connectivity index (χ1v) is 6.72. The summed E-state index contributed by atoms with van der Waals surface area (Å²) in [5.74, 6) is 8.29. The van der Waals surface area contributed by atoms with Gasteiger partial charge in [0.15, 0.2) is 0 Å². The van der Waals surface area contributed by atoms with Crippen molar-refractivity contribution in [3.05, 3.63) is 11.4 Å². The molecular weight excluding hydrogens is 238 g/mol. The Labute approximate surface area is 116 Å². The highest BCUT2D eigenvalue weighted by molar-refractivity contribution is 5.58. The van der Waals surface area contributed by atoms with E-state index in [1.165, 1.54) is 0 Å². The van der Waals surface area contributed by atoms with E-state index in [2.05, 4.69) is 62.0 Å². The number of nitrogens with two attached hydrogens (primary N) is 1. The summed E-state index contributed by atoms with van der Waals surface area (Å²) in [4.78, 5) is 11.3. The van der Waals surface area contributed by atoms with Gasteiger partial charge in [0, 0.05) is 25.1 Å². The van der Waals surface area contributed by atoms with Gasteiger partial charge < -0.3 is 10.3 Å². The zero-order valence-electron chi connectivity index (χ0n) is 13.2. The summed E-state index contributed by atoms with van der Waals surface area (Å²) < 4.78 is 0. The van der Waals surface area contributed by atoms with Crippen LogP contribution in [0.5, 0.6) is 0 Å². The van der Waals surface area contributed by atoms with E-state index >= 15 is 0 Å². The predicted octanol–water partition coefficient (Wildman–Crippen LogP) is 2.68. The largest absolute Gasteiger partial charge is 0.359 e. The third kappa shape index (κ3) is 4.06. The fourth-order valence-corrected chi connectivity index (χ4v) is 2.08. The van der Waals surface area contributed by atoms with Crippen molar-refractivity contribution in [2.75, 3.05) is 23.9 Å². The summed E-state index contributed by atoms with van der Waals surface area (Å²) in [6.45, 7) is 13.7. The Kier molecular flexibility index (Phi) is 4.74. The van der Waals surface area contributed by atoms with Gasteiger partial charge >= 0.3 is 0 Å². The number of hydrazine groups is 1. The number of aromatic nitrogens is 2. The Morgan fingerprint density at radius 2 is 1.84 bits per heavy atom. The molecule has 0 atom stereocenters. The SMILES string of the molecule is Cc1c(NN)nc(C(C)C)nc1N(C)CC(C)(C)C. The second kappa shape index (κ2) is 5.74. The van der Waals surface area contributed by atoms with E-state index in [1.807, 2.05) is 6.92 Å². The van der Waals surface area contributed by atoms with Crippen LogP contribution in [-0.4, -0.2) is 23.6 Å². The third-order valence-corrected chi connectivity index (χ3v) is 2.86. The standard InChI is InChI=1S/C14H27N5/c1-9(2)11-16-12(18-15)10(3)13(17-11)19(7)8-14(4,5)6/h9H,8,15H2,1-7H3,(H,16,17,18). The quantitative estimate of drug-likeness (QED) is 0.647. The number of nitrogens with one attached hydrogen (secondary N) is 1. The summed E-state index contributed by atoms with van der Waals surface area (Å²) in [6, 6.07) is 0. The van der Waals surface area contributed by atoms with Crippen molar-refractivity contribution in [3.63, 3.8) is 0 Å². The van der Waals surface area contributed by atoms with Gasteiger partial charge in [-0.3, -0.25) is 0 Å². The number of anilines is 2. The van der Waals surface area contributed by atoms with E-state index < -0.39 is 0 Å². The molecule has 0 fully saturated rings. The monoisotopic (exact) mass is 265 g/mol. The molecule has 5 nitrogen and oxygen atoms in total. The molecule has 0 saturated carbocycles. The molecule has 108 valence electrons. The zero-order chi connectivity index (χ0) is 14.8. The predicted molar refractivity (Wildman–Crippen MR) is 81.4 cm³/mol. The Balaban J connectivity index is 3.21. The molecule has 3 N–H and O–H groups in total. The number of nitrogens with zero attached hydrogens (tertiary/aromatic N) is 3. The van der Waals surface area contributed by atoms with Crippen molar-refractivity contribution in [1.29, 1.82) is 0 Å². The van der Waals surface area contributed by atoms with Crippen LogP contribution in [0.1, 0.15) is 51.9 Å².